The van der Waals surface area contributed by atoms with Gasteiger partial charge in [0.05, 0.1) is 10.6 Å². The predicted molar refractivity (Wildman–Crippen MR) is 64.2 cm³/mol. The van der Waals surface area contributed by atoms with Crippen LogP contribution < -0.4 is 5.32 Å². The summed E-state index contributed by atoms with van der Waals surface area (Å²) in [5.74, 6) is -0.489. The fourth-order valence-corrected chi connectivity index (χ4v) is 3.93. The molecule has 1 aliphatic heterocycles. The highest BCUT2D eigenvalue weighted by molar-refractivity contribution is 9.10. The van der Waals surface area contributed by atoms with Gasteiger partial charge < -0.3 is 5.32 Å². The number of aryl methyl sites for hydroxylation is 1. The van der Waals surface area contributed by atoms with Crippen molar-refractivity contribution in [1.82, 2.24) is 0 Å². The number of rotatable bonds is 0. The zero-order valence-corrected chi connectivity index (χ0v) is 11.1. The van der Waals surface area contributed by atoms with E-state index in [1.54, 1.807) is 12.1 Å². The van der Waals surface area contributed by atoms with E-state index < -0.39 is 21.0 Å². The van der Waals surface area contributed by atoms with Gasteiger partial charge in [-0.1, -0.05) is 0 Å². The smallest absolute Gasteiger partial charge is 0.242 e. The molecule has 0 aromatic heterocycles. The van der Waals surface area contributed by atoms with Crippen LogP contribution in [0, 0.1) is 6.92 Å². The fraction of sp³-hybridized carbons (Fsp3) is 0.300. The molecule has 1 atom stereocenters. The molecular weight excluding hydrogens is 294 g/mol. The second-order valence-electron chi connectivity index (χ2n) is 3.80. The molecule has 0 radical (unpaired) electrons. The van der Waals surface area contributed by atoms with E-state index in [0.29, 0.717) is 10.2 Å². The van der Waals surface area contributed by atoms with Gasteiger partial charge in [0, 0.05) is 4.47 Å². The lowest BCUT2D eigenvalue weighted by molar-refractivity contribution is -0.115. The molecule has 0 aliphatic carbocycles. The molecule has 2 rings (SSSR count). The lowest BCUT2D eigenvalue weighted by Gasteiger charge is -2.23. The number of sulfone groups is 1. The van der Waals surface area contributed by atoms with Crippen molar-refractivity contribution in [2.24, 2.45) is 0 Å². The van der Waals surface area contributed by atoms with E-state index in [2.05, 4.69) is 21.2 Å². The van der Waals surface area contributed by atoms with Crippen LogP contribution in [0.5, 0.6) is 0 Å². The van der Waals surface area contributed by atoms with Gasteiger partial charge in [-0.05, 0) is 47.5 Å². The third kappa shape index (κ3) is 1.56. The maximum absolute atomic E-state index is 12.0. The lowest BCUT2D eigenvalue weighted by Crippen LogP contribution is -2.37. The first-order valence-corrected chi connectivity index (χ1v) is 7.03. The fourth-order valence-electron chi connectivity index (χ4n) is 1.61. The number of hydrogen-bond acceptors (Lipinski definition) is 3. The van der Waals surface area contributed by atoms with Gasteiger partial charge in [-0.15, -0.1) is 0 Å². The molecule has 0 saturated heterocycles. The SMILES string of the molecule is Cc1cc(Br)c2c(c1)S(=O)(=O)C(C)C(=O)N2. The second-order valence-corrected chi connectivity index (χ2v) is 6.89. The maximum atomic E-state index is 12.0. The predicted octanol–water partition coefficient (Wildman–Crippen LogP) is 1.87. The third-order valence-corrected chi connectivity index (χ3v) is 5.29. The van der Waals surface area contributed by atoms with Crippen LogP contribution in [0.3, 0.4) is 0 Å². The molecular formula is C10H10BrNO3S. The number of hydrogen-bond donors (Lipinski definition) is 1. The van der Waals surface area contributed by atoms with E-state index >= 15 is 0 Å². The van der Waals surface area contributed by atoms with Gasteiger partial charge >= 0.3 is 0 Å². The molecule has 1 aromatic rings. The Morgan fingerprint density at radius 3 is 2.62 bits per heavy atom. The average molecular weight is 304 g/mol. The summed E-state index contributed by atoms with van der Waals surface area (Å²) in [4.78, 5) is 11.7. The molecule has 4 nitrogen and oxygen atoms in total. The highest BCUT2D eigenvalue weighted by Gasteiger charge is 2.37. The minimum Gasteiger partial charge on any atom is -0.323 e. The maximum Gasteiger partial charge on any atom is 0.242 e. The van der Waals surface area contributed by atoms with Gasteiger partial charge in [0.15, 0.2) is 9.84 Å². The standard InChI is InChI=1S/C10H10BrNO3S/c1-5-3-7(11)9-8(4-5)16(14,15)6(2)10(13)12-9/h3-4,6H,1-2H3,(H,12,13). The van der Waals surface area contributed by atoms with Gasteiger partial charge in [-0.3, -0.25) is 4.79 Å². The molecule has 0 saturated carbocycles. The van der Waals surface area contributed by atoms with Crippen molar-refractivity contribution in [2.75, 3.05) is 5.32 Å². The van der Waals surface area contributed by atoms with E-state index in [0.717, 1.165) is 5.56 Å². The molecule has 0 spiro atoms. The number of fused-ring (bicyclic) bond motifs is 1. The molecule has 0 bridgehead atoms. The molecule has 1 heterocycles. The summed E-state index contributed by atoms with van der Waals surface area (Å²) in [6.45, 7) is 3.20. The minimum atomic E-state index is -3.56. The first kappa shape index (κ1) is 11.6. The molecule has 1 aliphatic rings. The number of halogens is 1. The molecule has 1 amide bonds. The van der Waals surface area contributed by atoms with Gasteiger partial charge in [0.25, 0.3) is 0 Å². The highest BCUT2D eigenvalue weighted by Crippen LogP contribution is 2.36. The largest absolute Gasteiger partial charge is 0.323 e. The van der Waals surface area contributed by atoms with Crippen molar-refractivity contribution >= 4 is 37.4 Å². The quantitative estimate of drug-likeness (QED) is 0.796. The number of carbonyl (C=O) groups is 1. The minimum absolute atomic E-state index is 0.187. The number of benzene rings is 1. The van der Waals surface area contributed by atoms with Crippen LogP contribution in [-0.2, 0) is 14.6 Å². The number of amides is 1. The number of anilines is 1. The Morgan fingerprint density at radius 2 is 2.00 bits per heavy atom. The Hall–Kier alpha value is -0.880. The highest BCUT2D eigenvalue weighted by atomic mass is 79.9. The van der Waals surface area contributed by atoms with E-state index in [4.69, 9.17) is 0 Å². The van der Waals surface area contributed by atoms with Crippen molar-refractivity contribution in [2.45, 2.75) is 24.0 Å². The van der Waals surface area contributed by atoms with Crippen LogP contribution in [0.25, 0.3) is 0 Å². The number of carbonyl (C=O) groups excluding carboxylic acids is 1. The summed E-state index contributed by atoms with van der Waals surface area (Å²) in [6.07, 6.45) is 0. The van der Waals surface area contributed by atoms with Crippen molar-refractivity contribution in [3.8, 4) is 0 Å². The Labute approximate surface area is 102 Å². The molecule has 0 fully saturated rings. The summed E-state index contributed by atoms with van der Waals surface area (Å²) in [5, 5.41) is 1.56. The van der Waals surface area contributed by atoms with E-state index in [9.17, 15) is 13.2 Å². The zero-order chi connectivity index (χ0) is 12.1. The normalized spacial score (nSPS) is 22.4. The van der Waals surface area contributed by atoms with Gasteiger partial charge in [0.2, 0.25) is 5.91 Å². The lowest BCUT2D eigenvalue weighted by atomic mass is 10.2. The van der Waals surface area contributed by atoms with Gasteiger partial charge in [-0.2, -0.15) is 0 Å². The summed E-state index contributed by atoms with van der Waals surface area (Å²) < 4.78 is 24.7. The van der Waals surface area contributed by atoms with Crippen LogP contribution in [-0.4, -0.2) is 19.6 Å². The van der Waals surface area contributed by atoms with Crippen LogP contribution in [0.4, 0.5) is 5.69 Å². The molecule has 6 heteroatoms. The van der Waals surface area contributed by atoms with E-state index in [1.165, 1.54) is 6.92 Å². The van der Waals surface area contributed by atoms with Gasteiger partial charge in [-0.25, -0.2) is 8.42 Å². The summed E-state index contributed by atoms with van der Waals surface area (Å²) in [7, 11) is -3.56. The Morgan fingerprint density at radius 1 is 1.38 bits per heavy atom. The summed E-state index contributed by atoms with van der Waals surface area (Å²) >= 11 is 3.25. The molecule has 16 heavy (non-hydrogen) atoms. The zero-order valence-electron chi connectivity index (χ0n) is 8.74. The van der Waals surface area contributed by atoms with Crippen LogP contribution >= 0.6 is 15.9 Å². The summed E-state index contributed by atoms with van der Waals surface area (Å²) in [5.41, 5.74) is 1.17. The molecule has 1 N–H and O–H groups in total. The topological polar surface area (TPSA) is 63.2 Å². The third-order valence-electron chi connectivity index (χ3n) is 2.59. The Balaban J connectivity index is 2.81. The van der Waals surface area contributed by atoms with Crippen molar-refractivity contribution in [3.05, 3.63) is 22.2 Å². The Bertz CT molecular complexity index is 580. The van der Waals surface area contributed by atoms with Crippen molar-refractivity contribution in [1.29, 1.82) is 0 Å². The van der Waals surface area contributed by atoms with E-state index in [-0.39, 0.29) is 4.90 Å². The molecule has 86 valence electrons. The first-order chi connectivity index (χ1) is 7.34. The van der Waals surface area contributed by atoms with Crippen LogP contribution in [0.1, 0.15) is 12.5 Å². The van der Waals surface area contributed by atoms with Crippen LogP contribution in [0.2, 0.25) is 0 Å². The van der Waals surface area contributed by atoms with Gasteiger partial charge in [0.1, 0.15) is 5.25 Å². The van der Waals surface area contributed by atoms with E-state index in [1.807, 2.05) is 6.92 Å². The van der Waals surface area contributed by atoms with Crippen molar-refractivity contribution < 1.29 is 13.2 Å². The summed E-state index contributed by atoms with van der Waals surface area (Å²) in [6, 6.07) is 3.34. The number of nitrogens with one attached hydrogen (secondary N) is 1. The van der Waals surface area contributed by atoms with Crippen LogP contribution in [0.15, 0.2) is 21.5 Å². The van der Waals surface area contributed by atoms with Crippen molar-refractivity contribution in [3.63, 3.8) is 0 Å². The second kappa shape index (κ2) is 3.56. The monoisotopic (exact) mass is 303 g/mol. The Kier molecular flexibility index (Phi) is 2.58. The molecule has 1 unspecified atom stereocenters. The first-order valence-electron chi connectivity index (χ1n) is 4.69. The average Bonchev–Trinajstić information content (AvgIpc) is 2.18. The molecule has 1 aromatic carbocycles.